The number of ether oxygens (including phenoxy) is 6. The first-order valence-electron chi connectivity index (χ1n) is 24.4. The van der Waals surface area contributed by atoms with E-state index in [4.69, 9.17) is 28.4 Å². The van der Waals surface area contributed by atoms with Crippen LogP contribution >= 0.6 is 0 Å². The molecule has 26 atom stereocenters. The fourth-order valence-electron chi connectivity index (χ4n) is 15.7. The van der Waals surface area contributed by atoms with Gasteiger partial charge < -0.3 is 94.8 Å². The highest BCUT2D eigenvalue weighted by atomic mass is 16.8. The summed E-state index contributed by atoms with van der Waals surface area (Å²) < 4.78 is 37.4. The van der Waals surface area contributed by atoms with Gasteiger partial charge in [0.05, 0.1) is 49.8 Å². The molecule has 382 valence electrons. The molecule has 3 aliphatic heterocycles. The second-order valence-electron chi connectivity index (χ2n) is 23.5. The van der Waals surface area contributed by atoms with E-state index >= 15 is 0 Å². The summed E-state index contributed by atoms with van der Waals surface area (Å²) in [5.41, 5.74) is -3.20. The maximum atomic E-state index is 12.1. The van der Waals surface area contributed by atoms with Crippen LogP contribution < -0.4 is 0 Å². The fraction of sp³-hybridized carbons (Fsp3) is 1.00. The van der Waals surface area contributed by atoms with Gasteiger partial charge in [-0.1, -0.05) is 34.6 Å². The first kappa shape index (κ1) is 51.6. The minimum atomic E-state index is -1.80. The SMILES string of the molecule is C[C@H](CC[C@H](O)C(C)(C)O)[C@@H]1[C@@H](O)C[C@@]2(C)[C@H]3C[C@H](O[C@@H]4O[C@H](CO)[C@@H](O)[C@H](O)[C@H]4O)[C@@H]4C(C)(C)[C@@H](O[C@@H]5OC[C@@H](O)[C@H](O)[C@H]5O[C@H]5O[C@H](CO)[C@@H](O)[C@H](O)[C@H]5O)CC[C@@]45C[C@@]35CC[C@]12C. The van der Waals surface area contributed by atoms with Gasteiger partial charge in [0.2, 0.25) is 0 Å². The zero-order chi connectivity index (χ0) is 48.4. The van der Waals surface area contributed by atoms with Crippen molar-refractivity contribution < 1.29 is 94.8 Å². The van der Waals surface area contributed by atoms with E-state index in [1.807, 2.05) is 0 Å². The van der Waals surface area contributed by atoms with E-state index in [1.165, 1.54) is 0 Å². The molecule has 0 radical (unpaired) electrons. The van der Waals surface area contributed by atoms with E-state index in [9.17, 15) is 66.4 Å². The van der Waals surface area contributed by atoms with E-state index in [0.29, 0.717) is 38.5 Å². The summed E-state index contributed by atoms with van der Waals surface area (Å²) in [5.74, 6) is -0.306. The Bertz CT molecular complexity index is 1700. The Morgan fingerprint density at radius 1 is 0.667 bits per heavy atom. The van der Waals surface area contributed by atoms with E-state index in [-0.39, 0.29) is 51.9 Å². The van der Waals surface area contributed by atoms with Gasteiger partial charge >= 0.3 is 0 Å². The first-order valence-corrected chi connectivity index (χ1v) is 24.4. The lowest BCUT2D eigenvalue weighted by Gasteiger charge is -2.65. The van der Waals surface area contributed by atoms with Gasteiger partial charge in [-0.2, -0.15) is 0 Å². The number of rotatable bonds is 13. The summed E-state index contributed by atoms with van der Waals surface area (Å²) in [6.07, 6.45) is -18.5. The second-order valence-corrected chi connectivity index (χ2v) is 23.5. The Kier molecular flexibility index (Phi) is 14.1. The molecule has 0 aromatic carbocycles. The minimum Gasteiger partial charge on any atom is -0.394 e. The fourth-order valence-corrected chi connectivity index (χ4v) is 15.7. The molecule has 8 rings (SSSR count). The lowest BCUT2D eigenvalue weighted by Crippen LogP contribution is -2.65. The van der Waals surface area contributed by atoms with Crippen LogP contribution in [0.3, 0.4) is 0 Å². The molecule has 19 heteroatoms. The zero-order valence-electron chi connectivity index (χ0n) is 39.5. The highest BCUT2D eigenvalue weighted by Gasteiger charge is 2.85. The Balaban J connectivity index is 1.10. The molecule has 0 aromatic heterocycles. The van der Waals surface area contributed by atoms with E-state index in [0.717, 1.165) is 19.3 Å². The maximum absolute atomic E-state index is 12.1. The normalized spacial score (nSPS) is 54.4. The summed E-state index contributed by atoms with van der Waals surface area (Å²) in [7, 11) is 0. The molecular weight excluding hydrogens is 868 g/mol. The maximum Gasteiger partial charge on any atom is 0.187 e. The lowest BCUT2D eigenvalue weighted by atomic mass is 9.41. The number of aliphatic hydroxyl groups excluding tert-OH is 12. The van der Waals surface area contributed by atoms with Gasteiger partial charge in [-0.15, -0.1) is 0 Å². The van der Waals surface area contributed by atoms with Crippen molar-refractivity contribution in [1.29, 1.82) is 0 Å². The summed E-state index contributed by atoms with van der Waals surface area (Å²) in [4.78, 5) is 0. The van der Waals surface area contributed by atoms with Crippen LogP contribution in [-0.2, 0) is 28.4 Å². The molecule has 0 amide bonds. The topological polar surface area (TPSA) is 318 Å². The molecule has 5 saturated carbocycles. The molecule has 0 bridgehead atoms. The van der Waals surface area contributed by atoms with E-state index in [1.54, 1.807) is 13.8 Å². The van der Waals surface area contributed by atoms with E-state index < -0.39 is 135 Å². The molecule has 8 aliphatic rings. The Labute approximate surface area is 386 Å². The standard InChI is InChI=1S/C47H80O19/c1-20(8-9-27(52)43(4,5)60)29-21(50)15-45(7)26-14-23(62-39-35(58)33(56)31(54)24(16-48)63-39)38-42(2,3)28(10-11-47(38)19-46(26,47)13-12-44(29,45)6)65-41-37(30(53)22(51)18-61-41)66-40-36(59)34(57)32(55)25(17-49)64-40/h20-41,48-60H,8-19H2,1-7H3/t20-,21+,22-,23+,24-,25-,26-,27+,28+,29-,30+,31-,32-,33+,34+,35-,36-,37-,38-,39-,40-,41+,44-,45+,46+,47-/m1/s1. The van der Waals surface area contributed by atoms with Gasteiger partial charge in [-0.25, -0.2) is 0 Å². The molecular formula is C47H80O19. The van der Waals surface area contributed by atoms with Crippen LogP contribution in [0.15, 0.2) is 0 Å². The van der Waals surface area contributed by atoms with Crippen molar-refractivity contribution in [2.45, 2.75) is 222 Å². The van der Waals surface area contributed by atoms with E-state index in [2.05, 4.69) is 34.6 Å². The second kappa shape index (κ2) is 18.1. The number of fused-ring (bicyclic) bond motifs is 2. The quantitative estimate of drug-likeness (QED) is 0.0924. The molecule has 8 fully saturated rings. The van der Waals surface area contributed by atoms with Crippen molar-refractivity contribution in [2.75, 3.05) is 19.8 Å². The highest BCUT2D eigenvalue weighted by Crippen LogP contribution is 2.89. The van der Waals surface area contributed by atoms with Crippen molar-refractivity contribution in [2.24, 2.45) is 50.7 Å². The third kappa shape index (κ3) is 7.98. The molecule has 19 nitrogen and oxygen atoms in total. The van der Waals surface area contributed by atoms with Crippen molar-refractivity contribution >= 4 is 0 Å². The smallest absolute Gasteiger partial charge is 0.187 e. The van der Waals surface area contributed by atoms with Crippen molar-refractivity contribution in [3.05, 3.63) is 0 Å². The van der Waals surface area contributed by atoms with Gasteiger partial charge in [-0.05, 0) is 122 Å². The highest BCUT2D eigenvalue weighted by molar-refractivity contribution is 5.33. The molecule has 0 unspecified atom stereocenters. The average Bonchev–Trinajstić information content (AvgIpc) is 3.85. The Morgan fingerprint density at radius 3 is 1.83 bits per heavy atom. The third-order valence-electron chi connectivity index (χ3n) is 19.4. The van der Waals surface area contributed by atoms with Gasteiger partial charge in [0.1, 0.15) is 67.1 Å². The minimum absolute atomic E-state index is 0.0326. The van der Waals surface area contributed by atoms with Gasteiger partial charge in [0.25, 0.3) is 0 Å². The Hall–Kier alpha value is -0.760. The molecule has 13 N–H and O–H groups in total. The van der Waals surface area contributed by atoms with Crippen LogP contribution in [0.2, 0.25) is 0 Å². The molecule has 66 heavy (non-hydrogen) atoms. The van der Waals surface area contributed by atoms with Crippen LogP contribution in [0.25, 0.3) is 0 Å². The molecule has 3 saturated heterocycles. The van der Waals surface area contributed by atoms with Crippen LogP contribution in [0.4, 0.5) is 0 Å². The monoisotopic (exact) mass is 949 g/mol. The van der Waals surface area contributed by atoms with Gasteiger partial charge in [0.15, 0.2) is 18.9 Å². The molecule has 0 aromatic rings. The number of hydrogen-bond acceptors (Lipinski definition) is 19. The molecule has 3 heterocycles. The summed E-state index contributed by atoms with van der Waals surface area (Å²) in [5, 5.41) is 140. The summed E-state index contributed by atoms with van der Waals surface area (Å²) in [6, 6.07) is 0. The predicted octanol–water partition coefficient (Wildman–Crippen LogP) is -1.61. The zero-order valence-corrected chi connectivity index (χ0v) is 39.5. The van der Waals surface area contributed by atoms with Crippen molar-refractivity contribution in [1.82, 2.24) is 0 Å². The third-order valence-corrected chi connectivity index (χ3v) is 19.4. The largest absolute Gasteiger partial charge is 0.394 e. The number of aliphatic hydroxyl groups is 13. The van der Waals surface area contributed by atoms with Gasteiger partial charge in [-0.3, -0.25) is 0 Å². The van der Waals surface area contributed by atoms with Crippen molar-refractivity contribution in [3.63, 3.8) is 0 Å². The summed E-state index contributed by atoms with van der Waals surface area (Å²) in [6.45, 7) is 12.4. The lowest BCUT2D eigenvalue weighted by molar-refractivity contribution is -0.369. The van der Waals surface area contributed by atoms with Crippen molar-refractivity contribution in [3.8, 4) is 0 Å². The Morgan fingerprint density at radius 2 is 1.26 bits per heavy atom. The molecule has 5 aliphatic carbocycles. The molecule has 2 spiro atoms. The first-order chi connectivity index (χ1) is 30.7. The average molecular weight is 949 g/mol. The predicted molar refractivity (Wildman–Crippen MR) is 228 cm³/mol. The van der Waals surface area contributed by atoms with Crippen LogP contribution in [0.1, 0.15) is 106 Å². The van der Waals surface area contributed by atoms with Crippen LogP contribution in [0, 0.1) is 50.7 Å². The van der Waals surface area contributed by atoms with Crippen LogP contribution in [-0.4, -0.2) is 202 Å². The number of hydrogen-bond donors (Lipinski definition) is 13. The summed E-state index contributed by atoms with van der Waals surface area (Å²) >= 11 is 0. The van der Waals surface area contributed by atoms with Crippen LogP contribution in [0.5, 0.6) is 0 Å². The van der Waals surface area contributed by atoms with Gasteiger partial charge in [0, 0.05) is 0 Å².